The molecule has 1 saturated heterocycles. The summed E-state index contributed by atoms with van der Waals surface area (Å²) in [6.45, 7) is 8.30. The molecule has 1 aromatic carbocycles. The summed E-state index contributed by atoms with van der Waals surface area (Å²) in [6, 6.07) is 5.69. The third-order valence-electron chi connectivity index (χ3n) is 5.96. The van der Waals surface area contributed by atoms with Crippen LogP contribution in [0.25, 0.3) is 0 Å². The SMILES string of the molecule is CCNC(=NCC(O)c1cc(OC)ccc1OC)NC1C2CCOC2C1(C)C.I. The Kier molecular flexibility index (Phi) is 8.42. The van der Waals surface area contributed by atoms with Gasteiger partial charge in [0, 0.05) is 36.1 Å². The molecule has 3 rings (SSSR count). The highest BCUT2D eigenvalue weighted by molar-refractivity contribution is 14.0. The van der Waals surface area contributed by atoms with Crippen molar-refractivity contribution in [3.05, 3.63) is 23.8 Å². The smallest absolute Gasteiger partial charge is 0.191 e. The molecule has 0 spiro atoms. The van der Waals surface area contributed by atoms with Gasteiger partial charge in [0.15, 0.2) is 5.96 Å². The van der Waals surface area contributed by atoms with Crippen LogP contribution in [0.3, 0.4) is 0 Å². The zero-order chi connectivity index (χ0) is 20.3. The van der Waals surface area contributed by atoms with Crippen molar-refractivity contribution in [2.75, 3.05) is 33.9 Å². The number of aliphatic hydroxyl groups excluding tert-OH is 1. The first kappa shape index (κ1) is 24.0. The average Bonchev–Trinajstić information content (AvgIpc) is 3.16. The Morgan fingerprint density at radius 2 is 2.10 bits per heavy atom. The molecular weight excluding hydrogens is 485 g/mol. The number of halogens is 1. The van der Waals surface area contributed by atoms with Crippen LogP contribution in [0.1, 0.15) is 38.9 Å². The predicted molar refractivity (Wildman–Crippen MR) is 124 cm³/mol. The lowest BCUT2D eigenvalue weighted by Gasteiger charge is -2.54. The van der Waals surface area contributed by atoms with Gasteiger partial charge in [0.05, 0.1) is 26.9 Å². The van der Waals surface area contributed by atoms with E-state index in [4.69, 9.17) is 14.2 Å². The summed E-state index contributed by atoms with van der Waals surface area (Å²) in [6.07, 6.45) is 0.603. The number of aliphatic hydroxyl groups is 1. The molecule has 4 unspecified atom stereocenters. The van der Waals surface area contributed by atoms with Crippen LogP contribution in [0, 0.1) is 11.3 Å². The Bertz CT molecular complexity index is 713. The third kappa shape index (κ3) is 4.91. The van der Waals surface area contributed by atoms with Gasteiger partial charge in [-0.25, -0.2) is 0 Å². The molecule has 7 nitrogen and oxygen atoms in total. The number of nitrogens with zero attached hydrogens (tertiary/aromatic N) is 1. The Labute approximate surface area is 190 Å². The zero-order valence-electron chi connectivity index (χ0n) is 17.9. The maximum atomic E-state index is 10.7. The van der Waals surface area contributed by atoms with Gasteiger partial charge in [0.25, 0.3) is 0 Å². The van der Waals surface area contributed by atoms with Crippen LogP contribution >= 0.6 is 24.0 Å². The van der Waals surface area contributed by atoms with Crippen molar-refractivity contribution in [3.63, 3.8) is 0 Å². The van der Waals surface area contributed by atoms with Crippen LogP contribution in [-0.2, 0) is 4.74 Å². The van der Waals surface area contributed by atoms with Gasteiger partial charge in [0.2, 0.25) is 0 Å². The van der Waals surface area contributed by atoms with E-state index >= 15 is 0 Å². The van der Waals surface area contributed by atoms with Crippen LogP contribution in [0.2, 0.25) is 0 Å². The number of fused-ring (bicyclic) bond motifs is 1. The van der Waals surface area contributed by atoms with Crippen LogP contribution in [0.4, 0.5) is 0 Å². The second-order valence-electron chi connectivity index (χ2n) is 8.03. The van der Waals surface area contributed by atoms with Gasteiger partial charge in [-0.3, -0.25) is 4.99 Å². The number of aliphatic imine (C=N–C) groups is 1. The van der Waals surface area contributed by atoms with Crippen LogP contribution in [0.15, 0.2) is 23.2 Å². The summed E-state index contributed by atoms with van der Waals surface area (Å²) in [7, 11) is 3.19. The largest absolute Gasteiger partial charge is 0.497 e. The lowest BCUT2D eigenvalue weighted by atomic mass is 9.57. The van der Waals surface area contributed by atoms with Gasteiger partial charge in [-0.15, -0.1) is 24.0 Å². The molecule has 1 heterocycles. The first-order valence-electron chi connectivity index (χ1n) is 9.98. The van der Waals surface area contributed by atoms with E-state index in [0.29, 0.717) is 41.1 Å². The molecule has 0 aromatic heterocycles. The van der Waals surface area contributed by atoms with E-state index in [1.807, 2.05) is 13.0 Å². The first-order chi connectivity index (χ1) is 13.4. The minimum atomic E-state index is -0.794. The van der Waals surface area contributed by atoms with Gasteiger partial charge >= 0.3 is 0 Å². The van der Waals surface area contributed by atoms with Crippen molar-refractivity contribution in [3.8, 4) is 11.5 Å². The summed E-state index contributed by atoms with van der Waals surface area (Å²) in [4.78, 5) is 4.63. The molecule has 1 aliphatic heterocycles. The number of guanidine groups is 1. The molecular formula is C21H34IN3O4. The van der Waals surface area contributed by atoms with E-state index in [9.17, 15) is 5.11 Å². The van der Waals surface area contributed by atoms with E-state index in [1.54, 1.807) is 26.4 Å². The molecule has 2 aliphatic rings. The molecule has 8 heteroatoms. The molecule has 2 fully saturated rings. The van der Waals surface area contributed by atoms with Gasteiger partial charge < -0.3 is 30.0 Å². The number of nitrogens with one attached hydrogen (secondary N) is 2. The lowest BCUT2D eigenvalue weighted by molar-refractivity contribution is -0.106. The molecule has 4 atom stereocenters. The van der Waals surface area contributed by atoms with Gasteiger partial charge in [-0.1, -0.05) is 13.8 Å². The van der Waals surface area contributed by atoms with E-state index in [2.05, 4.69) is 29.5 Å². The summed E-state index contributed by atoms with van der Waals surface area (Å²) in [5.41, 5.74) is 0.723. The number of ether oxygens (including phenoxy) is 3. The normalized spacial score (nSPS) is 25.9. The molecule has 1 saturated carbocycles. The molecule has 0 radical (unpaired) electrons. The number of hydrogen-bond donors (Lipinski definition) is 3. The Morgan fingerprint density at radius 3 is 2.76 bits per heavy atom. The highest BCUT2D eigenvalue weighted by Gasteiger charge is 2.59. The quantitative estimate of drug-likeness (QED) is 0.292. The van der Waals surface area contributed by atoms with Crippen molar-refractivity contribution in [2.45, 2.75) is 45.4 Å². The molecule has 0 bridgehead atoms. The van der Waals surface area contributed by atoms with Gasteiger partial charge in [-0.05, 0) is 31.5 Å². The second kappa shape index (κ2) is 10.2. The van der Waals surface area contributed by atoms with E-state index < -0.39 is 6.10 Å². The minimum Gasteiger partial charge on any atom is -0.497 e. The highest BCUT2D eigenvalue weighted by atomic mass is 127. The van der Waals surface area contributed by atoms with Gasteiger partial charge in [0.1, 0.15) is 17.6 Å². The Balaban J connectivity index is 0.00000300. The van der Waals surface area contributed by atoms with Gasteiger partial charge in [-0.2, -0.15) is 0 Å². The molecule has 3 N–H and O–H groups in total. The number of methoxy groups -OCH3 is 2. The summed E-state index contributed by atoms with van der Waals surface area (Å²) < 4.78 is 16.5. The molecule has 1 aromatic rings. The summed E-state index contributed by atoms with van der Waals surface area (Å²) in [5.74, 6) is 2.52. The van der Waals surface area contributed by atoms with Crippen molar-refractivity contribution in [2.24, 2.45) is 16.3 Å². The zero-order valence-corrected chi connectivity index (χ0v) is 20.2. The van der Waals surface area contributed by atoms with Crippen molar-refractivity contribution in [1.29, 1.82) is 0 Å². The standard InChI is InChI=1S/C21H33N3O4.HI/c1-6-22-20(24-18-14-9-10-28-19(14)21(18,2)3)23-12-16(25)15-11-13(26-4)7-8-17(15)27-5;/h7-8,11,14,16,18-19,25H,6,9-10,12H2,1-5H3,(H2,22,23,24);1H. The number of rotatable bonds is 7. The van der Waals surface area contributed by atoms with Crippen molar-refractivity contribution >= 4 is 29.9 Å². The van der Waals surface area contributed by atoms with Crippen LogP contribution in [-0.4, -0.2) is 57.1 Å². The fourth-order valence-electron chi connectivity index (χ4n) is 4.46. The maximum absolute atomic E-state index is 10.7. The highest BCUT2D eigenvalue weighted by Crippen LogP contribution is 2.52. The fraction of sp³-hybridized carbons (Fsp3) is 0.667. The summed E-state index contributed by atoms with van der Waals surface area (Å²) in [5, 5.41) is 17.6. The van der Waals surface area contributed by atoms with E-state index in [-0.39, 0.29) is 35.9 Å². The molecule has 164 valence electrons. The number of hydrogen-bond acceptors (Lipinski definition) is 5. The third-order valence-corrected chi connectivity index (χ3v) is 5.96. The number of benzene rings is 1. The van der Waals surface area contributed by atoms with Crippen LogP contribution in [0.5, 0.6) is 11.5 Å². The minimum absolute atomic E-state index is 0. The maximum Gasteiger partial charge on any atom is 0.191 e. The predicted octanol–water partition coefficient (Wildman–Crippen LogP) is 2.72. The first-order valence-corrected chi connectivity index (χ1v) is 9.98. The van der Waals surface area contributed by atoms with Crippen molar-refractivity contribution < 1.29 is 19.3 Å². The fourth-order valence-corrected chi connectivity index (χ4v) is 4.46. The molecule has 0 amide bonds. The monoisotopic (exact) mass is 519 g/mol. The van der Waals surface area contributed by atoms with E-state index in [1.165, 1.54) is 0 Å². The van der Waals surface area contributed by atoms with E-state index in [0.717, 1.165) is 19.6 Å². The van der Waals surface area contributed by atoms with Crippen LogP contribution < -0.4 is 20.1 Å². The van der Waals surface area contributed by atoms with Crippen molar-refractivity contribution in [1.82, 2.24) is 10.6 Å². The molecule has 1 aliphatic carbocycles. The average molecular weight is 519 g/mol. The molecule has 29 heavy (non-hydrogen) atoms. The lowest BCUT2D eigenvalue weighted by Crippen LogP contribution is -2.68. The topological polar surface area (TPSA) is 84.3 Å². The Hall–Kier alpha value is -1.26. The second-order valence-corrected chi connectivity index (χ2v) is 8.03. The summed E-state index contributed by atoms with van der Waals surface area (Å²) >= 11 is 0. The Morgan fingerprint density at radius 1 is 1.34 bits per heavy atom.